The Morgan fingerprint density at radius 1 is 1.50 bits per heavy atom. The number of nitrogens with one attached hydrogen (secondary N) is 2. The smallest absolute Gasteiger partial charge is 0.262 e. The van der Waals surface area contributed by atoms with E-state index in [0.717, 1.165) is 16.4 Å². The molecule has 1 aliphatic rings. The lowest BCUT2D eigenvalue weighted by Crippen LogP contribution is -2.25. The highest BCUT2D eigenvalue weighted by Crippen LogP contribution is 2.31. The Bertz CT molecular complexity index is 654. The van der Waals surface area contributed by atoms with E-state index in [2.05, 4.69) is 27.9 Å². The summed E-state index contributed by atoms with van der Waals surface area (Å²) in [5.74, 6) is 0.574. The molecule has 2 heterocycles. The second-order valence-corrected chi connectivity index (χ2v) is 5.77. The van der Waals surface area contributed by atoms with Crippen molar-refractivity contribution in [3.63, 3.8) is 0 Å². The maximum absolute atomic E-state index is 11.3. The van der Waals surface area contributed by atoms with Crippen molar-refractivity contribution in [3.8, 4) is 5.75 Å². The molecule has 1 atom stereocenters. The fourth-order valence-corrected chi connectivity index (χ4v) is 2.78. The summed E-state index contributed by atoms with van der Waals surface area (Å²) in [6.45, 7) is 4.13. The molecule has 1 unspecified atom stereocenters. The maximum Gasteiger partial charge on any atom is 0.262 e. The van der Waals surface area contributed by atoms with Gasteiger partial charge >= 0.3 is 0 Å². The highest BCUT2D eigenvalue weighted by Gasteiger charge is 2.16. The Morgan fingerprint density at radius 2 is 2.35 bits per heavy atom. The molecule has 3 rings (SSSR count). The van der Waals surface area contributed by atoms with Crippen LogP contribution in [0.3, 0.4) is 0 Å². The molecule has 2 N–H and O–H groups in total. The first-order valence-electron chi connectivity index (χ1n) is 6.37. The quantitative estimate of drug-likeness (QED) is 0.912. The highest BCUT2D eigenvalue weighted by atomic mass is 32.1. The van der Waals surface area contributed by atoms with E-state index in [1.807, 2.05) is 25.1 Å². The fraction of sp³-hybridized carbons (Fsp3) is 0.286. The van der Waals surface area contributed by atoms with Gasteiger partial charge in [-0.1, -0.05) is 0 Å². The summed E-state index contributed by atoms with van der Waals surface area (Å²) in [4.78, 5) is 15.8. The largest absolute Gasteiger partial charge is 0.482 e. The van der Waals surface area contributed by atoms with Crippen molar-refractivity contribution in [2.75, 3.05) is 17.2 Å². The summed E-state index contributed by atoms with van der Waals surface area (Å²) >= 11 is 1.64. The minimum absolute atomic E-state index is 0.0777. The van der Waals surface area contributed by atoms with Crippen molar-refractivity contribution >= 4 is 28.6 Å². The van der Waals surface area contributed by atoms with Crippen molar-refractivity contribution in [2.45, 2.75) is 19.9 Å². The molecule has 5 nitrogen and oxygen atoms in total. The molecule has 104 valence electrons. The average Bonchev–Trinajstić information content (AvgIpc) is 2.85. The lowest BCUT2D eigenvalue weighted by atomic mass is 10.2. The number of fused-ring (bicyclic) bond motifs is 1. The van der Waals surface area contributed by atoms with Gasteiger partial charge in [0.2, 0.25) is 0 Å². The van der Waals surface area contributed by atoms with E-state index in [1.165, 1.54) is 0 Å². The Morgan fingerprint density at radius 3 is 3.10 bits per heavy atom. The Kier molecular flexibility index (Phi) is 3.31. The standard InChI is InChI=1S/C14H15N3O2S/c1-8(12-7-20-9(2)16-12)15-10-3-4-13-11(5-10)17-14(18)6-19-13/h3-5,7-8,15H,6H2,1-2H3,(H,17,18). The normalized spacial score (nSPS) is 15.0. The van der Waals surface area contributed by atoms with E-state index in [1.54, 1.807) is 11.3 Å². The van der Waals surface area contributed by atoms with Crippen LogP contribution in [0.4, 0.5) is 11.4 Å². The zero-order chi connectivity index (χ0) is 14.1. The van der Waals surface area contributed by atoms with Crippen LogP contribution in [-0.4, -0.2) is 17.5 Å². The zero-order valence-electron chi connectivity index (χ0n) is 11.3. The van der Waals surface area contributed by atoms with Crippen LogP contribution in [0.25, 0.3) is 0 Å². The van der Waals surface area contributed by atoms with E-state index < -0.39 is 0 Å². The first-order chi connectivity index (χ1) is 9.61. The lowest BCUT2D eigenvalue weighted by molar-refractivity contribution is -0.118. The third kappa shape index (κ3) is 2.60. The number of thiazole rings is 1. The van der Waals surface area contributed by atoms with Crippen LogP contribution in [0.5, 0.6) is 5.75 Å². The molecule has 0 fully saturated rings. The molecule has 0 saturated carbocycles. The monoisotopic (exact) mass is 289 g/mol. The molecule has 1 aliphatic heterocycles. The van der Waals surface area contributed by atoms with Crippen LogP contribution in [0.2, 0.25) is 0 Å². The molecule has 0 saturated heterocycles. The van der Waals surface area contributed by atoms with Crippen LogP contribution >= 0.6 is 11.3 Å². The predicted octanol–water partition coefficient (Wildman–Crippen LogP) is 2.96. The average molecular weight is 289 g/mol. The summed E-state index contributed by atoms with van der Waals surface area (Å²) in [5, 5.41) is 9.28. The van der Waals surface area contributed by atoms with Gasteiger partial charge in [-0.15, -0.1) is 11.3 Å². The Hall–Kier alpha value is -2.08. The number of benzene rings is 1. The number of carbonyl (C=O) groups is 1. The number of hydrogen-bond acceptors (Lipinski definition) is 5. The number of hydrogen-bond donors (Lipinski definition) is 2. The van der Waals surface area contributed by atoms with Crippen molar-refractivity contribution in [2.24, 2.45) is 0 Å². The topological polar surface area (TPSA) is 63.2 Å². The SMILES string of the molecule is Cc1nc(C(C)Nc2ccc3c(c2)NC(=O)CO3)cs1. The summed E-state index contributed by atoms with van der Waals surface area (Å²) in [6, 6.07) is 5.78. The predicted molar refractivity (Wildman–Crippen MR) is 79.5 cm³/mol. The molecule has 6 heteroatoms. The number of ether oxygens (including phenoxy) is 1. The Labute approximate surface area is 121 Å². The minimum Gasteiger partial charge on any atom is -0.482 e. The van der Waals surface area contributed by atoms with Crippen molar-refractivity contribution in [1.82, 2.24) is 4.98 Å². The van der Waals surface area contributed by atoms with Crippen LogP contribution in [0, 0.1) is 6.92 Å². The Balaban J connectivity index is 1.78. The van der Waals surface area contributed by atoms with Gasteiger partial charge in [0.1, 0.15) is 5.75 Å². The number of aromatic nitrogens is 1. The van der Waals surface area contributed by atoms with E-state index in [-0.39, 0.29) is 18.6 Å². The van der Waals surface area contributed by atoms with Crippen LogP contribution in [0.15, 0.2) is 23.6 Å². The van der Waals surface area contributed by atoms with Gasteiger partial charge in [-0.3, -0.25) is 4.79 Å². The molecule has 1 aromatic heterocycles. The lowest BCUT2D eigenvalue weighted by Gasteiger charge is -2.20. The van der Waals surface area contributed by atoms with E-state index in [0.29, 0.717) is 11.4 Å². The van der Waals surface area contributed by atoms with Gasteiger partial charge in [0.15, 0.2) is 6.61 Å². The van der Waals surface area contributed by atoms with Crippen LogP contribution in [0.1, 0.15) is 23.7 Å². The number of carbonyl (C=O) groups excluding carboxylic acids is 1. The number of nitrogens with zero attached hydrogens (tertiary/aromatic N) is 1. The van der Waals surface area contributed by atoms with E-state index >= 15 is 0 Å². The second kappa shape index (κ2) is 5.13. The van der Waals surface area contributed by atoms with Crippen LogP contribution < -0.4 is 15.4 Å². The molecule has 1 aromatic carbocycles. The highest BCUT2D eigenvalue weighted by molar-refractivity contribution is 7.09. The van der Waals surface area contributed by atoms with Crippen LogP contribution in [-0.2, 0) is 4.79 Å². The number of rotatable bonds is 3. The molecular formula is C14H15N3O2S. The summed E-state index contributed by atoms with van der Waals surface area (Å²) in [6.07, 6.45) is 0. The zero-order valence-corrected chi connectivity index (χ0v) is 12.1. The van der Waals surface area contributed by atoms with Crippen molar-refractivity contribution in [3.05, 3.63) is 34.3 Å². The maximum atomic E-state index is 11.3. The van der Waals surface area contributed by atoms with Gasteiger partial charge in [0, 0.05) is 11.1 Å². The van der Waals surface area contributed by atoms with Gasteiger partial charge in [-0.05, 0) is 32.0 Å². The molecule has 1 amide bonds. The first kappa shape index (κ1) is 12.9. The van der Waals surface area contributed by atoms with Crippen molar-refractivity contribution < 1.29 is 9.53 Å². The molecule has 20 heavy (non-hydrogen) atoms. The third-order valence-electron chi connectivity index (χ3n) is 3.08. The van der Waals surface area contributed by atoms with Gasteiger partial charge < -0.3 is 15.4 Å². The number of anilines is 2. The van der Waals surface area contributed by atoms with E-state index in [4.69, 9.17) is 4.74 Å². The summed E-state index contributed by atoms with van der Waals surface area (Å²) in [7, 11) is 0. The molecular weight excluding hydrogens is 274 g/mol. The molecule has 2 aromatic rings. The number of aryl methyl sites for hydroxylation is 1. The van der Waals surface area contributed by atoms with E-state index in [9.17, 15) is 4.79 Å². The first-order valence-corrected chi connectivity index (χ1v) is 7.25. The minimum atomic E-state index is -0.127. The molecule has 0 aliphatic carbocycles. The second-order valence-electron chi connectivity index (χ2n) is 4.71. The number of amides is 1. The molecule has 0 radical (unpaired) electrons. The molecule has 0 bridgehead atoms. The van der Waals surface area contributed by atoms with Gasteiger partial charge in [-0.25, -0.2) is 4.98 Å². The summed E-state index contributed by atoms with van der Waals surface area (Å²) in [5.41, 5.74) is 2.64. The van der Waals surface area contributed by atoms with Gasteiger partial charge in [-0.2, -0.15) is 0 Å². The molecule has 0 spiro atoms. The van der Waals surface area contributed by atoms with Crippen molar-refractivity contribution in [1.29, 1.82) is 0 Å². The summed E-state index contributed by atoms with van der Waals surface area (Å²) < 4.78 is 5.33. The fourth-order valence-electron chi connectivity index (χ4n) is 2.08. The third-order valence-corrected chi connectivity index (χ3v) is 3.87. The van der Waals surface area contributed by atoms with Gasteiger partial charge in [0.05, 0.1) is 22.4 Å². The van der Waals surface area contributed by atoms with Gasteiger partial charge in [0.25, 0.3) is 5.91 Å².